The van der Waals surface area contributed by atoms with Crippen LogP contribution in [0.5, 0.6) is 5.75 Å². The molecular weight excluding hydrogens is 337 g/mol. The zero-order valence-corrected chi connectivity index (χ0v) is 14.3. The minimum absolute atomic E-state index is 0.128. The van der Waals surface area contributed by atoms with Crippen LogP contribution in [0.1, 0.15) is 16.8 Å². The fraction of sp³-hybridized carbons (Fsp3) is 0.263. The first-order valence-electron chi connectivity index (χ1n) is 8.35. The topological polar surface area (TPSA) is 71.4 Å². The highest BCUT2D eigenvalue weighted by molar-refractivity contribution is 5.47. The second-order valence-corrected chi connectivity index (χ2v) is 6.25. The number of nitrogens with zero attached hydrogens (tertiary/aromatic N) is 2. The number of methoxy groups -OCH3 is 1. The van der Waals surface area contributed by atoms with E-state index >= 15 is 0 Å². The molecule has 0 radical (unpaired) electrons. The van der Waals surface area contributed by atoms with Crippen LogP contribution in [-0.4, -0.2) is 28.5 Å². The van der Waals surface area contributed by atoms with E-state index in [1.54, 1.807) is 24.5 Å². The number of fused-ring (bicyclic) bond motifs is 1. The summed E-state index contributed by atoms with van der Waals surface area (Å²) in [4.78, 5) is 21.8. The summed E-state index contributed by atoms with van der Waals surface area (Å²) in [6.07, 6.45) is 2.15. The van der Waals surface area contributed by atoms with Gasteiger partial charge in [0.25, 0.3) is 5.56 Å². The van der Waals surface area contributed by atoms with Gasteiger partial charge in [0.1, 0.15) is 0 Å². The summed E-state index contributed by atoms with van der Waals surface area (Å²) in [6, 6.07) is 8.45. The second kappa shape index (κ2) is 6.76. The van der Waals surface area contributed by atoms with Crippen LogP contribution in [0.2, 0.25) is 0 Å². The minimum atomic E-state index is -0.378. The smallest absolute Gasteiger partial charge is 0.254 e. The molecule has 3 heterocycles. The van der Waals surface area contributed by atoms with Crippen molar-refractivity contribution in [3.63, 3.8) is 0 Å². The number of hydrogen-bond acceptors (Lipinski definition) is 5. The van der Waals surface area contributed by atoms with Crippen molar-refractivity contribution < 1.29 is 13.5 Å². The maximum Gasteiger partial charge on any atom is 0.254 e. The first-order valence-corrected chi connectivity index (χ1v) is 8.35. The van der Waals surface area contributed by atoms with Gasteiger partial charge in [-0.2, -0.15) is 0 Å². The van der Waals surface area contributed by atoms with E-state index in [2.05, 4.69) is 14.9 Å². The van der Waals surface area contributed by atoms with Crippen molar-refractivity contribution in [2.45, 2.75) is 19.5 Å². The molecule has 2 aromatic heterocycles. The summed E-state index contributed by atoms with van der Waals surface area (Å²) in [5, 5.41) is 0. The van der Waals surface area contributed by atoms with Crippen LogP contribution in [-0.2, 0) is 19.5 Å². The van der Waals surface area contributed by atoms with Crippen molar-refractivity contribution in [2.75, 3.05) is 13.7 Å². The normalized spacial score (nSPS) is 14.2. The predicted molar refractivity (Wildman–Crippen MR) is 93.3 cm³/mol. The van der Waals surface area contributed by atoms with Gasteiger partial charge in [0.15, 0.2) is 23.2 Å². The van der Waals surface area contributed by atoms with Gasteiger partial charge in [-0.15, -0.1) is 0 Å². The number of benzene rings is 1. The molecule has 3 aromatic rings. The monoisotopic (exact) mass is 355 g/mol. The van der Waals surface area contributed by atoms with Gasteiger partial charge in [0.05, 0.1) is 19.1 Å². The SMILES string of the molecule is COc1ccc(CN2CCc3c(nc(-c4ccco4)[nH]c3=O)C2)cc1F. The fourth-order valence-electron chi connectivity index (χ4n) is 3.23. The lowest BCUT2D eigenvalue weighted by molar-refractivity contribution is 0.240. The highest BCUT2D eigenvalue weighted by atomic mass is 19.1. The molecule has 0 fully saturated rings. The number of furan rings is 1. The molecule has 0 aliphatic carbocycles. The zero-order valence-electron chi connectivity index (χ0n) is 14.3. The molecular formula is C19H18FN3O3. The Kier molecular flexibility index (Phi) is 4.30. The Hall–Kier alpha value is -2.93. The predicted octanol–water partition coefficient (Wildman–Crippen LogP) is 2.74. The number of halogens is 1. The Morgan fingerprint density at radius 2 is 2.27 bits per heavy atom. The summed E-state index contributed by atoms with van der Waals surface area (Å²) < 4.78 is 24.2. The second-order valence-electron chi connectivity index (χ2n) is 6.25. The lowest BCUT2D eigenvalue weighted by Gasteiger charge is -2.27. The lowest BCUT2D eigenvalue weighted by atomic mass is 10.1. The van der Waals surface area contributed by atoms with Crippen LogP contribution in [0.3, 0.4) is 0 Å². The summed E-state index contributed by atoms with van der Waals surface area (Å²) >= 11 is 0. The third kappa shape index (κ3) is 3.13. The summed E-state index contributed by atoms with van der Waals surface area (Å²) in [5.74, 6) is 0.807. The lowest BCUT2D eigenvalue weighted by Crippen LogP contribution is -2.35. The van der Waals surface area contributed by atoms with Crippen molar-refractivity contribution in [3.05, 3.63) is 69.6 Å². The number of aromatic amines is 1. The van der Waals surface area contributed by atoms with Crippen LogP contribution < -0.4 is 10.3 Å². The van der Waals surface area contributed by atoms with Crippen molar-refractivity contribution >= 4 is 0 Å². The van der Waals surface area contributed by atoms with Crippen LogP contribution in [0, 0.1) is 5.82 Å². The van der Waals surface area contributed by atoms with Crippen molar-refractivity contribution in [3.8, 4) is 17.3 Å². The van der Waals surface area contributed by atoms with Crippen molar-refractivity contribution in [1.82, 2.24) is 14.9 Å². The number of ether oxygens (including phenoxy) is 1. The Morgan fingerprint density at radius 1 is 1.38 bits per heavy atom. The van der Waals surface area contributed by atoms with Gasteiger partial charge in [0.2, 0.25) is 0 Å². The molecule has 1 aliphatic rings. The molecule has 0 unspecified atom stereocenters. The molecule has 0 atom stereocenters. The van der Waals surface area contributed by atoms with Crippen molar-refractivity contribution in [1.29, 1.82) is 0 Å². The third-order valence-electron chi connectivity index (χ3n) is 4.53. The summed E-state index contributed by atoms with van der Waals surface area (Å²) in [7, 11) is 1.44. The van der Waals surface area contributed by atoms with Gasteiger partial charge >= 0.3 is 0 Å². The molecule has 1 aliphatic heterocycles. The number of nitrogens with one attached hydrogen (secondary N) is 1. The average molecular weight is 355 g/mol. The Labute approximate surface area is 149 Å². The van der Waals surface area contributed by atoms with Crippen LogP contribution in [0.25, 0.3) is 11.6 Å². The molecule has 0 amide bonds. The third-order valence-corrected chi connectivity index (χ3v) is 4.53. The van der Waals surface area contributed by atoms with Crippen LogP contribution in [0.4, 0.5) is 4.39 Å². The highest BCUT2D eigenvalue weighted by Gasteiger charge is 2.22. The van der Waals surface area contributed by atoms with Gasteiger partial charge in [-0.1, -0.05) is 6.07 Å². The number of hydrogen-bond donors (Lipinski definition) is 1. The summed E-state index contributed by atoms with van der Waals surface area (Å²) in [6.45, 7) is 1.82. The quantitative estimate of drug-likeness (QED) is 0.779. The van der Waals surface area contributed by atoms with E-state index in [0.717, 1.165) is 11.3 Å². The number of aromatic nitrogens is 2. The number of rotatable bonds is 4. The Bertz CT molecular complexity index is 982. The van der Waals surface area contributed by atoms with Gasteiger partial charge < -0.3 is 14.1 Å². The van der Waals surface area contributed by atoms with Gasteiger partial charge in [-0.3, -0.25) is 9.69 Å². The van der Waals surface area contributed by atoms with Gasteiger partial charge in [0, 0.05) is 25.2 Å². The fourth-order valence-corrected chi connectivity index (χ4v) is 3.23. The standard InChI is InChI=1S/C19H18FN3O3/c1-25-16-5-4-12(9-14(16)20)10-23-7-6-13-15(11-23)21-18(22-19(13)24)17-3-2-8-26-17/h2-5,8-9H,6-7,10-11H2,1H3,(H,21,22,24). The average Bonchev–Trinajstić information content (AvgIpc) is 3.16. The Balaban J connectivity index is 1.57. The molecule has 134 valence electrons. The van der Waals surface area contributed by atoms with Gasteiger partial charge in [-0.05, 0) is 36.2 Å². The molecule has 4 rings (SSSR count). The molecule has 1 N–H and O–H groups in total. The highest BCUT2D eigenvalue weighted by Crippen LogP contribution is 2.22. The van der Waals surface area contributed by atoms with E-state index in [1.807, 2.05) is 6.07 Å². The van der Waals surface area contributed by atoms with Crippen LogP contribution in [0.15, 0.2) is 45.8 Å². The van der Waals surface area contributed by atoms with E-state index in [9.17, 15) is 9.18 Å². The number of H-pyrrole nitrogens is 1. The van der Waals surface area contributed by atoms with E-state index in [4.69, 9.17) is 9.15 Å². The molecule has 0 saturated carbocycles. The maximum atomic E-state index is 13.9. The maximum absolute atomic E-state index is 13.9. The molecule has 0 bridgehead atoms. The summed E-state index contributed by atoms with van der Waals surface area (Å²) in [5.41, 5.74) is 2.16. The zero-order chi connectivity index (χ0) is 18.1. The molecule has 7 heteroatoms. The molecule has 26 heavy (non-hydrogen) atoms. The van der Waals surface area contributed by atoms with Gasteiger partial charge in [-0.25, -0.2) is 9.37 Å². The van der Waals surface area contributed by atoms with Crippen molar-refractivity contribution in [2.24, 2.45) is 0 Å². The molecule has 0 saturated heterocycles. The van der Waals surface area contributed by atoms with E-state index in [-0.39, 0.29) is 17.1 Å². The van der Waals surface area contributed by atoms with Crippen LogP contribution >= 0.6 is 0 Å². The first-order chi connectivity index (χ1) is 12.6. The minimum Gasteiger partial charge on any atom is -0.494 e. The Morgan fingerprint density at radius 3 is 3.00 bits per heavy atom. The molecule has 1 aromatic carbocycles. The van der Waals surface area contributed by atoms with E-state index < -0.39 is 0 Å². The molecule has 0 spiro atoms. The van der Waals surface area contributed by atoms with E-state index in [1.165, 1.54) is 13.2 Å². The molecule has 6 nitrogen and oxygen atoms in total. The van der Waals surface area contributed by atoms with E-state index in [0.29, 0.717) is 43.2 Å². The largest absolute Gasteiger partial charge is 0.494 e. The first kappa shape index (κ1) is 16.5.